The van der Waals surface area contributed by atoms with E-state index in [2.05, 4.69) is 56.9 Å². The van der Waals surface area contributed by atoms with Crippen LogP contribution in [0.1, 0.15) is 24.0 Å². The molecule has 0 atom stereocenters. The van der Waals surface area contributed by atoms with Gasteiger partial charge in [-0.2, -0.15) is 5.10 Å². The molecule has 0 radical (unpaired) electrons. The molecule has 0 saturated carbocycles. The van der Waals surface area contributed by atoms with Gasteiger partial charge in [0, 0.05) is 56.5 Å². The second-order valence-corrected chi connectivity index (χ2v) is 6.58. The van der Waals surface area contributed by atoms with Crippen molar-refractivity contribution in [3.63, 3.8) is 0 Å². The van der Waals surface area contributed by atoms with E-state index in [-0.39, 0.29) is 0 Å². The molecule has 0 N–H and O–H groups in total. The molecule has 0 fully saturated rings. The number of fused-ring (bicyclic) bond motifs is 1. The quantitative estimate of drug-likeness (QED) is 0.735. The second kappa shape index (κ2) is 6.80. The van der Waals surface area contributed by atoms with Gasteiger partial charge in [-0.25, -0.2) is 0 Å². The molecule has 6 nitrogen and oxygen atoms in total. The molecule has 1 aromatic carbocycles. The van der Waals surface area contributed by atoms with Crippen LogP contribution >= 0.6 is 0 Å². The van der Waals surface area contributed by atoms with E-state index in [1.54, 1.807) is 0 Å². The summed E-state index contributed by atoms with van der Waals surface area (Å²) in [6, 6.07) is 10.3. The zero-order valence-electron chi connectivity index (χ0n) is 14.9. The Balaban J connectivity index is 1.51. The molecule has 0 amide bonds. The van der Waals surface area contributed by atoms with Gasteiger partial charge in [0.25, 0.3) is 0 Å². The Morgan fingerprint density at radius 1 is 1.04 bits per heavy atom. The molecule has 1 aliphatic heterocycles. The van der Waals surface area contributed by atoms with Crippen molar-refractivity contribution in [2.45, 2.75) is 39.9 Å². The molecule has 0 spiro atoms. The Hall–Kier alpha value is -2.47. The van der Waals surface area contributed by atoms with E-state index >= 15 is 0 Å². The summed E-state index contributed by atoms with van der Waals surface area (Å²) in [4.78, 5) is 2.49. The molecule has 4 rings (SSSR count). The molecular weight excluding hydrogens is 312 g/mol. The van der Waals surface area contributed by atoms with Crippen molar-refractivity contribution in [3.05, 3.63) is 53.6 Å². The van der Waals surface area contributed by atoms with Crippen LogP contribution in [-0.4, -0.2) is 42.5 Å². The topological polar surface area (TPSA) is 51.8 Å². The SMILES string of the molecule is CCn1cc(CN2CCc3nnc(-c4ccccc4)n3CC2)c(C)n1. The average molecular weight is 336 g/mol. The highest BCUT2D eigenvalue weighted by Gasteiger charge is 2.20. The molecule has 0 saturated heterocycles. The van der Waals surface area contributed by atoms with Crippen LogP contribution in [0, 0.1) is 6.92 Å². The van der Waals surface area contributed by atoms with E-state index in [0.29, 0.717) is 0 Å². The minimum atomic E-state index is 0.919. The fraction of sp³-hybridized carbons (Fsp3) is 0.421. The first-order valence-corrected chi connectivity index (χ1v) is 8.97. The molecule has 3 heterocycles. The normalized spacial score (nSPS) is 15.1. The Morgan fingerprint density at radius 3 is 2.64 bits per heavy atom. The van der Waals surface area contributed by atoms with Gasteiger partial charge in [0.2, 0.25) is 0 Å². The Morgan fingerprint density at radius 2 is 1.88 bits per heavy atom. The summed E-state index contributed by atoms with van der Waals surface area (Å²) in [5.74, 6) is 2.06. The number of hydrogen-bond donors (Lipinski definition) is 0. The summed E-state index contributed by atoms with van der Waals surface area (Å²) in [5.41, 5.74) is 3.59. The minimum absolute atomic E-state index is 0.919. The third-order valence-electron chi connectivity index (χ3n) is 4.92. The maximum atomic E-state index is 4.56. The molecular formula is C19H24N6. The van der Waals surface area contributed by atoms with Crippen molar-refractivity contribution in [2.24, 2.45) is 0 Å². The average Bonchev–Trinajstić information content (AvgIpc) is 3.15. The third kappa shape index (κ3) is 3.22. The molecule has 130 valence electrons. The van der Waals surface area contributed by atoms with Gasteiger partial charge in [0.05, 0.1) is 5.69 Å². The lowest BCUT2D eigenvalue weighted by molar-refractivity contribution is 0.271. The van der Waals surface area contributed by atoms with E-state index in [1.807, 2.05) is 22.9 Å². The number of benzene rings is 1. The molecule has 2 aromatic heterocycles. The molecule has 0 bridgehead atoms. The van der Waals surface area contributed by atoms with Gasteiger partial charge in [0.15, 0.2) is 5.82 Å². The van der Waals surface area contributed by atoms with E-state index in [4.69, 9.17) is 0 Å². The molecule has 1 aliphatic rings. The van der Waals surface area contributed by atoms with E-state index in [0.717, 1.165) is 62.1 Å². The largest absolute Gasteiger partial charge is 0.310 e. The van der Waals surface area contributed by atoms with Crippen LogP contribution in [0.25, 0.3) is 11.4 Å². The second-order valence-electron chi connectivity index (χ2n) is 6.58. The van der Waals surface area contributed by atoms with Crippen molar-refractivity contribution >= 4 is 0 Å². The highest BCUT2D eigenvalue weighted by Crippen LogP contribution is 2.21. The first-order valence-electron chi connectivity index (χ1n) is 8.97. The maximum absolute atomic E-state index is 4.56. The maximum Gasteiger partial charge on any atom is 0.164 e. The first kappa shape index (κ1) is 16.0. The van der Waals surface area contributed by atoms with Crippen LogP contribution in [0.15, 0.2) is 36.5 Å². The van der Waals surface area contributed by atoms with Gasteiger partial charge in [0.1, 0.15) is 5.82 Å². The van der Waals surface area contributed by atoms with Crippen LogP contribution in [0.5, 0.6) is 0 Å². The van der Waals surface area contributed by atoms with Gasteiger partial charge in [-0.1, -0.05) is 30.3 Å². The van der Waals surface area contributed by atoms with E-state index < -0.39 is 0 Å². The summed E-state index contributed by atoms with van der Waals surface area (Å²) in [6.45, 7) is 9.02. The smallest absolute Gasteiger partial charge is 0.164 e. The standard InChI is InChI=1S/C19H24N6/c1-3-24-14-17(15(2)22-24)13-23-10-9-18-20-21-19(25(18)12-11-23)16-7-5-4-6-8-16/h4-8,14H,3,9-13H2,1-2H3. The summed E-state index contributed by atoms with van der Waals surface area (Å²) >= 11 is 0. The highest BCUT2D eigenvalue weighted by atomic mass is 15.3. The van der Waals surface area contributed by atoms with Gasteiger partial charge < -0.3 is 4.57 Å². The number of aromatic nitrogens is 5. The third-order valence-corrected chi connectivity index (χ3v) is 4.92. The van der Waals surface area contributed by atoms with Crippen molar-refractivity contribution < 1.29 is 0 Å². The summed E-state index contributed by atoms with van der Waals surface area (Å²) in [7, 11) is 0. The van der Waals surface area contributed by atoms with Gasteiger partial charge in [-0.3, -0.25) is 9.58 Å². The first-order chi connectivity index (χ1) is 12.2. The van der Waals surface area contributed by atoms with E-state index in [9.17, 15) is 0 Å². The molecule has 25 heavy (non-hydrogen) atoms. The van der Waals surface area contributed by atoms with Crippen LogP contribution in [0.4, 0.5) is 0 Å². The van der Waals surface area contributed by atoms with Crippen LogP contribution in [-0.2, 0) is 26.1 Å². The lowest BCUT2D eigenvalue weighted by Gasteiger charge is -2.19. The Labute approximate surface area is 148 Å². The van der Waals surface area contributed by atoms with E-state index in [1.165, 1.54) is 5.56 Å². The number of hydrogen-bond acceptors (Lipinski definition) is 4. The van der Waals surface area contributed by atoms with Crippen molar-refractivity contribution in [3.8, 4) is 11.4 Å². The highest BCUT2D eigenvalue weighted by molar-refractivity contribution is 5.55. The van der Waals surface area contributed by atoms with Crippen molar-refractivity contribution in [1.29, 1.82) is 0 Å². The zero-order chi connectivity index (χ0) is 17.2. The Bertz CT molecular complexity index is 848. The van der Waals surface area contributed by atoms with Crippen LogP contribution in [0.3, 0.4) is 0 Å². The molecule has 0 aliphatic carbocycles. The van der Waals surface area contributed by atoms with Crippen LogP contribution in [0.2, 0.25) is 0 Å². The minimum Gasteiger partial charge on any atom is -0.310 e. The van der Waals surface area contributed by atoms with Gasteiger partial charge >= 0.3 is 0 Å². The number of aryl methyl sites for hydroxylation is 2. The van der Waals surface area contributed by atoms with Crippen molar-refractivity contribution in [1.82, 2.24) is 29.4 Å². The Kier molecular flexibility index (Phi) is 4.36. The molecule has 0 unspecified atom stereocenters. The summed E-state index contributed by atoms with van der Waals surface area (Å²) in [5, 5.41) is 13.4. The number of rotatable bonds is 4. The lowest BCUT2D eigenvalue weighted by Crippen LogP contribution is -2.26. The lowest BCUT2D eigenvalue weighted by atomic mass is 10.2. The van der Waals surface area contributed by atoms with Gasteiger partial charge in [-0.05, 0) is 13.8 Å². The van der Waals surface area contributed by atoms with Crippen molar-refractivity contribution in [2.75, 3.05) is 13.1 Å². The molecule has 3 aromatic rings. The monoisotopic (exact) mass is 336 g/mol. The fourth-order valence-corrected chi connectivity index (χ4v) is 3.44. The predicted octanol–water partition coefficient (Wildman–Crippen LogP) is 2.53. The zero-order valence-corrected chi connectivity index (χ0v) is 14.9. The summed E-state index contributed by atoms with van der Waals surface area (Å²) < 4.78 is 4.29. The summed E-state index contributed by atoms with van der Waals surface area (Å²) in [6.07, 6.45) is 3.11. The predicted molar refractivity (Wildman–Crippen MR) is 97.1 cm³/mol. The molecule has 6 heteroatoms. The number of nitrogens with zero attached hydrogens (tertiary/aromatic N) is 6. The van der Waals surface area contributed by atoms with Gasteiger partial charge in [-0.15, -0.1) is 10.2 Å². The fourth-order valence-electron chi connectivity index (χ4n) is 3.44. The van der Waals surface area contributed by atoms with Crippen LogP contribution < -0.4 is 0 Å².